The maximum absolute atomic E-state index is 13.9. The fourth-order valence-electron chi connectivity index (χ4n) is 4.31. The van der Waals surface area contributed by atoms with Gasteiger partial charge in [0.15, 0.2) is 5.75 Å². The predicted octanol–water partition coefficient (Wildman–Crippen LogP) is 3.38. The number of allylic oxidation sites excluding steroid dienone is 1. The van der Waals surface area contributed by atoms with Crippen LogP contribution in [-0.2, 0) is 30.5 Å². The van der Waals surface area contributed by atoms with E-state index in [1.807, 2.05) is 6.07 Å². The number of amides is 3. The summed E-state index contributed by atoms with van der Waals surface area (Å²) in [6, 6.07) is 7.27. The van der Waals surface area contributed by atoms with Crippen molar-refractivity contribution in [3.05, 3.63) is 76.5 Å². The third kappa shape index (κ3) is 8.05. The minimum atomic E-state index is -5.31. The number of nitriles is 1. The molecule has 1 heterocycles. The number of hydrogen-bond donors (Lipinski definition) is 2. The Hall–Kier alpha value is -4.63. The molecule has 1 unspecified atom stereocenters. The first-order chi connectivity index (χ1) is 20.4. The third-order valence-corrected chi connectivity index (χ3v) is 7.26. The first-order valence-electron chi connectivity index (χ1n) is 12.3. The van der Waals surface area contributed by atoms with Crippen LogP contribution < -0.4 is 9.62 Å². The molecule has 1 aliphatic rings. The Morgan fingerprint density at radius 1 is 1.09 bits per heavy atom. The molecule has 0 bridgehead atoms. The smallest absolute Gasteiger partial charge is 0.416 e. The van der Waals surface area contributed by atoms with Crippen LogP contribution in [0.2, 0.25) is 0 Å². The van der Waals surface area contributed by atoms with Crippen LogP contribution in [0.5, 0.6) is 0 Å². The van der Waals surface area contributed by atoms with E-state index in [2.05, 4.69) is 0 Å². The number of urea groups is 1. The van der Waals surface area contributed by atoms with Crippen molar-refractivity contribution in [3.63, 3.8) is 0 Å². The van der Waals surface area contributed by atoms with Gasteiger partial charge in [0, 0.05) is 5.70 Å². The minimum Gasteiger partial charge on any atom is -0.460 e. The second kappa shape index (κ2) is 12.9. The van der Waals surface area contributed by atoms with Crippen LogP contribution in [0.4, 0.5) is 36.8 Å². The Morgan fingerprint density at radius 2 is 1.73 bits per heavy atom. The van der Waals surface area contributed by atoms with Crippen LogP contribution >= 0.6 is 0 Å². The standard InChI is InChI=1S/C26H22F6N4O7S/c1-15-21(23(39)43-10-9-37)22(17-7-5-16(12-33)6-8-17)35(13-20(38)34-44(41,42)14-25(27,28)29)24(40)36(15)19-4-2-3-18(11-19)26(30,31)32/h2-8,11,22,37H,9-10,13-14H2,1H3,(H,34,38). The zero-order chi connectivity index (χ0) is 33.0. The molecule has 0 radical (unpaired) electrons. The van der Waals surface area contributed by atoms with E-state index in [1.54, 1.807) is 0 Å². The summed E-state index contributed by atoms with van der Waals surface area (Å²) in [7, 11) is -5.31. The van der Waals surface area contributed by atoms with E-state index in [0.29, 0.717) is 21.9 Å². The van der Waals surface area contributed by atoms with Gasteiger partial charge in [-0.25, -0.2) is 18.0 Å². The Bertz CT molecular complexity index is 1620. The van der Waals surface area contributed by atoms with Crippen LogP contribution in [0.3, 0.4) is 0 Å². The van der Waals surface area contributed by atoms with Gasteiger partial charge in [-0.2, -0.15) is 31.6 Å². The number of hydrogen-bond acceptors (Lipinski definition) is 8. The normalized spacial score (nSPS) is 16.1. The molecule has 236 valence electrons. The molecule has 0 spiro atoms. The minimum absolute atomic E-state index is 0.0299. The lowest BCUT2D eigenvalue weighted by Crippen LogP contribution is -2.54. The number of sulfonamides is 1. The maximum Gasteiger partial charge on any atom is 0.416 e. The molecule has 0 aromatic heterocycles. The van der Waals surface area contributed by atoms with Gasteiger partial charge in [-0.15, -0.1) is 0 Å². The van der Waals surface area contributed by atoms with Gasteiger partial charge in [0.1, 0.15) is 13.2 Å². The molecular weight excluding hydrogens is 626 g/mol. The molecule has 3 amide bonds. The monoisotopic (exact) mass is 648 g/mol. The largest absolute Gasteiger partial charge is 0.460 e. The number of carbonyl (C=O) groups is 3. The van der Waals surface area contributed by atoms with Crippen molar-refractivity contribution < 1.29 is 59.0 Å². The first-order valence-corrected chi connectivity index (χ1v) is 13.9. The first kappa shape index (κ1) is 33.9. The van der Waals surface area contributed by atoms with Gasteiger partial charge in [0.25, 0.3) is 5.91 Å². The summed E-state index contributed by atoms with van der Waals surface area (Å²) < 4.78 is 109. The quantitative estimate of drug-likeness (QED) is 0.310. The number of nitrogens with zero attached hydrogens (tertiary/aromatic N) is 3. The summed E-state index contributed by atoms with van der Waals surface area (Å²) in [4.78, 5) is 41.1. The van der Waals surface area contributed by atoms with E-state index >= 15 is 0 Å². The lowest BCUT2D eigenvalue weighted by Gasteiger charge is -2.42. The highest BCUT2D eigenvalue weighted by Crippen LogP contribution is 2.41. The van der Waals surface area contributed by atoms with E-state index < -0.39 is 88.7 Å². The fourth-order valence-corrected chi connectivity index (χ4v) is 5.23. The van der Waals surface area contributed by atoms with E-state index in [9.17, 15) is 49.1 Å². The number of nitrogens with one attached hydrogen (secondary N) is 1. The number of carbonyl (C=O) groups excluding carboxylic acids is 3. The zero-order valence-electron chi connectivity index (χ0n) is 22.4. The van der Waals surface area contributed by atoms with E-state index in [4.69, 9.17) is 15.1 Å². The van der Waals surface area contributed by atoms with Crippen molar-refractivity contribution in [1.29, 1.82) is 5.26 Å². The number of benzene rings is 2. The predicted molar refractivity (Wildman–Crippen MR) is 139 cm³/mol. The van der Waals surface area contributed by atoms with Crippen LogP contribution in [0.15, 0.2) is 59.8 Å². The number of aliphatic hydroxyl groups is 1. The lowest BCUT2D eigenvalue weighted by molar-refractivity contribution is -0.141. The van der Waals surface area contributed by atoms with Crippen molar-refractivity contribution in [3.8, 4) is 6.07 Å². The summed E-state index contributed by atoms with van der Waals surface area (Å²) in [6.07, 6.45) is -10.1. The second-order valence-electron chi connectivity index (χ2n) is 9.19. The lowest BCUT2D eigenvalue weighted by atomic mass is 9.92. The number of ether oxygens (including phenoxy) is 1. The van der Waals surface area contributed by atoms with Gasteiger partial charge in [0.05, 0.1) is 41.1 Å². The highest BCUT2D eigenvalue weighted by Gasteiger charge is 2.45. The molecular formula is C26H22F6N4O7S. The molecule has 11 nitrogen and oxygen atoms in total. The molecule has 0 fully saturated rings. The average Bonchev–Trinajstić information content (AvgIpc) is 2.91. The maximum atomic E-state index is 13.9. The Labute approximate surface area is 246 Å². The number of halogens is 6. The van der Waals surface area contributed by atoms with Crippen LogP contribution in [0.1, 0.15) is 29.7 Å². The highest BCUT2D eigenvalue weighted by atomic mass is 32.2. The topological polar surface area (TPSA) is 157 Å². The Kier molecular flexibility index (Phi) is 9.95. The highest BCUT2D eigenvalue weighted by molar-refractivity contribution is 7.90. The number of esters is 1. The molecule has 44 heavy (non-hydrogen) atoms. The third-order valence-electron chi connectivity index (χ3n) is 6.02. The molecule has 0 saturated carbocycles. The number of alkyl halides is 6. The molecule has 0 saturated heterocycles. The van der Waals surface area contributed by atoms with Crippen molar-refractivity contribution in [1.82, 2.24) is 9.62 Å². The molecule has 2 aromatic carbocycles. The Balaban J connectivity index is 2.24. The van der Waals surface area contributed by atoms with Crippen molar-refractivity contribution in [2.45, 2.75) is 25.3 Å². The van der Waals surface area contributed by atoms with E-state index in [0.717, 1.165) is 12.1 Å². The van der Waals surface area contributed by atoms with Gasteiger partial charge < -0.3 is 14.7 Å². The molecule has 0 aliphatic carbocycles. The van der Waals surface area contributed by atoms with Gasteiger partial charge >= 0.3 is 24.4 Å². The SMILES string of the molecule is CC1=C(C(=O)OCCO)C(c2ccc(C#N)cc2)N(CC(=O)NS(=O)(=O)CC(F)(F)F)C(=O)N1c1cccc(C(F)(F)F)c1. The summed E-state index contributed by atoms with van der Waals surface area (Å²) >= 11 is 0. The van der Waals surface area contributed by atoms with Crippen molar-refractivity contribution in [2.24, 2.45) is 0 Å². The van der Waals surface area contributed by atoms with Crippen LogP contribution in [-0.4, -0.2) is 68.0 Å². The van der Waals surface area contributed by atoms with Crippen LogP contribution in [0.25, 0.3) is 0 Å². The van der Waals surface area contributed by atoms with Crippen molar-refractivity contribution >= 4 is 33.6 Å². The summed E-state index contributed by atoms with van der Waals surface area (Å²) in [5.74, 6) is -5.29. The number of anilines is 1. The van der Waals surface area contributed by atoms with Gasteiger partial charge in [-0.3, -0.25) is 14.4 Å². The van der Waals surface area contributed by atoms with Gasteiger partial charge in [-0.05, 0) is 42.8 Å². The average molecular weight is 649 g/mol. The van der Waals surface area contributed by atoms with Crippen LogP contribution in [0, 0.1) is 11.3 Å². The van der Waals surface area contributed by atoms with Crippen molar-refractivity contribution in [2.75, 3.05) is 30.4 Å². The molecule has 1 aliphatic heterocycles. The fraction of sp³-hybridized carbons (Fsp3) is 0.308. The molecule has 2 aromatic rings. The summed E-state index contributed by atoms with van der Waals surface area (Å²) in [5, 5.41) is 18.3. The van der Waals surface area contributed by atoms with Gasteiger partial charge in [-0.1, -0.05) is 18.2 Å². The second-order valence-corrected chi connectivity index (χ2v) is 10.9. The zero-order valence-corrected chi connectivity index (χ0v) is 23.3. The summed E-state index contributed by atoms with van der Waals surface area (Å²) in [5.41, 5.74) is -2.23. The number of rotatable bonds is 9. The Morgan fingerprint density at radius 3 is 2.27 bits per heavy atom. The van der Waals surface area contributed by atoms with Gasteiger partial charge in [0.2, 0.25) is 10.0 Å². The van der Waals surface area contributed by atoms with E-state index in [-0.39, 0.29) is 16.8 Å². The molecule has 18 heteroatoms. The van der Waals surface area contributed by atoms with E-state index in [1.165, 1.54) is 35.9 Å². The summed E-state index contributed by atoms with van der Waals surface area (Å²) in [6.45, 7) is -1.35. The molecule has 1 atom stereocenters. The molecule has 2 N–H and O–H groups in total. The molecule has 3 rings (SSSR count). The number of aliphatic hydroxyl groups excluding tert-OH is 1.